The van der Waals surface area contributed by atoms with Gasteiger partial charge in [0.05, 0.1) is 167 Å². The van der Waals surface area contributed by atoms with Crippen molar-refractivity contribution in [3.8, 4) is 23.2 Å². The number of esters is 1. The fraction of sp³-hybridized carbons (Fsp3) is 0.588. The number of fused-ring (bicyclic) bond motifs is 5. The molecule has 8 rings (SSSR count). The van der Waals surface area contributed by atoms with Gasteiger partial charge in [0.25, 0.3) is 5.56 Å². The summed E-state index contributed by atoms with van der Waals surface area (Å²) in [4.78, 5) is 117. The first-order valence-electron chi connectivity index (χ1n) is 39.6. The van der Waals surface area contributed by atoms with Crippen LogP contribution < -0.4 is 37.9 Å². The van der Waals surface area contributed by atoms with E-state index in [0.717, 1.165) is 59.7 Å². The SMILES string of the molecule is CC[C@@]1(OC(=O)OCc2ccc(NC(=O)[C@H](CCCNC(N)=O)NC(=O)COCC(=O)NCCOCCOCCOCCOCCOCCOCCOCCOCC[N+]3(C)CCC(CNC(=O)CCCC#Cc4cnc(S(C)(=O)=O)nc4)CC3)cc2)C(=O)OCc2c1cc1n(c2=O)Cc2c-1nc1ccccc1c2CCN(C(C)C)S(C)(=O)=O. The number of nitrogens with zero attached hydrogens (tertiary/aromatic N) is 6. The highest BCUT2D eigenvalue weighted by molar-refractivity contribution is 7.90. The number of cyclic esters (lactones) is 1. The van der Waals surface area contributed by atoms with Gasteiger partial charge in [0.15, 0.2) is 0 Å². The number of hydrogen-bond acceptors (Lipinski definition) is 27. The number of sulfone groups is 1. The number of pyridine rings is 2. The molecule has 3 aromatic heterocycles. The van der Waals surface area contributed by atoms with Crippen molar-refractivity contribution in [1.29, 1.82) is 0 Å². The number of unbranched alkanes of at least 4 members (excludes halogenated alkanes) is 1. The van der Waals surface area contributed by atoms with E-state index in [1.54, 1.807) is 39.0 Å². The second kappa shape index (κ2) is 48.1. The van der Waals surface area contributed by atoms with E-state index < -0.39 is 86.2 Å². The minimum Gasteiger partial charge on any atom is -0.457 e. The third kappa shape index (κ3) is 30.5. The van der Waals surface area contributed by atoms with Gasteiger partial charge < -0.3 is 98.2 Å². The number of nitrogens with one attached hydrogen (secondary N) is 5. The van der Waals surface area contributed by atoms with Crippen molar-refractivity contribution in [3.05, 3.63) is 111 Å². The summed E-state index contributed by atoms with van der Waals surface area (Å²) in [6.45, 7) is 14.1. The van der Waals surface area contributed by atoms with Crippen molar-refractivity contribution in [2.45, 2.75) is 121 Å². The fourth-order valence-electron chi connectivity index (χ4n) is 13.4. The van der Waals surface area contributed by atoms with Crippen LogP contribution in [0, 0.1) is 17.8 Å². The molecule has 7 N–H and O–H groups in total. The van der Waals surface area contributed by atoms with E-state index in [9.17, 15) is 55.2 Å². The molecule has 1 saturated heterocycles. The number of rotatable bonds is 53. The van der Waals surface area contributed by atoms with E-state index in [-0.39, 0.29) is 100 Å². The predicted molar refractivity (Wildman–Crippen MR) is 431 cm³/mol. The molecule has 3 aliphatic heterocycles. The summed E-state index contributed by atoms with van der Waals surface area (Å²) in [6.07, 6.45) is 7.84. The van der Waals surface area contributed by atoms with Gasteiger partial charge in [-0.1, -0.05) is 49.1 Å². The molecule has 0 unspecified atom stereocenters. The Hall–Kier alpha value is -9.21. The molecule has 0 radical (unpaired) electrons. The number of amides is 6. The largest absolute Gasteiger partial charge is 0.510 e. The zero-order valence-corrected chi connectivity index (χ0v) is 69.8. The van der Waals surface area contributed by atoms with Crippen LogP contribution >= 0.6 is 0 Å². The van der Waals surface area contributed by atoms with Crippen molar-refractivity contribution in [2.24, 2.45) is 11.7 Å². The predicted octanol–water partition coefficient (Wildman–Crippen LogP) is 3.18. The van der Waals surface area contributed by atoms with Crippen LogP contribution in [0.3, 0.4) is 0 Å². The third-order valence-electron chi connectivity index (χ3n) is 19.8. The Morgan fingerprint density at radius 3 is 1.92 bits per heavy atom. The molecule has 0 bridgehead atoms. The highest BCUT2D eigenvalue weighted by Crippen LogP contribution is 2.43. The zero-order chi connectivity index (χ0) is 84.9. The molecule has 1 fully saturated rings. The first-order valence-corrected chi connectivity index (χ1v) is 43.4. The van der Waals surface area contributed by atoms with Crippen molar-refractivity contribution in [2.75, 3.05) is 190 Å². The minimum absolute atomic E-state index is 0.0176. The van der Waals surface area contributed by atoms with Crippen LogP contribution in [-0.4, -0.2) is 283 Å². The quantitative estimate of drug-likeness (QED) is 0.0105. The molecule has 118 heavy (non-hydrogen) atoms. The number of benzene rings is 2. The zero-order valence-electron chi connectivity index (χ0n) is 68.1. The molecule has 5 aromatic rings. The van der Waals surface area contributed by atoms with Crippen LogP contribution in [0.2, 0.25) is 0 Å². The average Bonchev–Trinajstić information content (AvgIpc) is 1.50. The lowest BCUT2D eigenvalue weighted by Crippen LogP contribution is -2.52. The van der Waals surface area contributed by atoms with Crippen LogP contribution in [0.15, 0.2) is 76.9 Å². The Kier molecular flexibility index (Phi) is 38.5. The number of para-hydroxylation sites is 1. The number of anilines is 1. The van der Waals surface area contributed by atoms with Gasteiger partial charge in [-0.05, 0) is 87.3 Å². The fourth-order valence-corrected chi connectivity index (χ4v) is 15.1. The normalized spacial score (nSPS) is 16.5. The van der Waals surface area contributed by atoms with Gasteiger partial charge >= 0.3 is 18.2 Å². The van der Waals surface area contributed by atoms with Crippen molar-refractivity contribution in [3.63, 3.8) is 0 Å². The summed E-state index contributed by atoms with van der Waals surface area (Å²) in [5.74, 6) is 3.62. The lowest BCUT2D eigenvalue weighted by Gasteiger charge is -2.40. The molecular formula is C80H113N12O24S2+. The maximum atomic E-state index is 14.4. The molecule has 6 amide bonds. The Labute approximate surface area is 688 Å². The Morgan fingerprint density at radius 1 is 0.729 bits per heavy atom. The van der Waals surface area contributed by atoms with Gasteiger partial charge in [0, 0.05) is 98.8 Å². The number of nitrogens with two attached hydrogens (primary N) is 1. The monoisotopic (exact) mass is 1690 g/mol. The first-order chi connectivity index (χ1) is 56.7. The Balaban J connectivity index is 0.601. The van der Waals surface area contributed by atoms with Crippen molar-refractivity contribution < 1.29 is 112 Å². The number of aromatic nitrogens is 4. The molecule has 2 atom stereocenters. The number of primary amides is 1. The number of quaternary nitrogens is 1. The second-order valence-corrected chi connectivity index (χ2v) is 32.9. The van der Waals surface area contributed by atoms with Crippen LogP contribution in [0.25, 0.3) is 22.3 Å². The number of hydrogen-bond donors (Lipinski definition) is 6. The van der Waals surface area contributed by atoms with E-state index in [1.165, 1.54) is 39.7 Å². The molecule has 6 heterocycles. The molecule has 0 aliphatic carbocycles. The van der Waals surface area contributed by atoms with Crippen LogP contribution in [0.1, 0.15) is 106 Å². The Bertz CT molecular complexity index is 4500. The van der Waals surface area contributed by atoms with Gasteiger partial charge in [0.2, 0.25) is 54.2 Å². The summed E-state index contributed by atoms with van der Waals surface area (Å²) in [7, 11) is -4.77. The summed E-state index contributed by atoms with van der Waals surface area (Å²) in [5, 5.41) is 14.0. The van der Waals surface area contributed by atoms with Gasteiger partial charge in [-0.15, -0.1) is 0 Å². The molecule has 38 heteroatoms. The molecular weight excluding hydrogens is 1580 g/mol. The molecule has 0 saturated carbocycles. The van der Waals surface area contributed by atoms with Crippen molar-refractivity contribution in [1.82, 2.24) is 45.1 Å². The highest BCUT2D eigenvalue weighted by Gasteiger charge is 2.51. The summed E-state index contributed by atoms with van der Waals surface area (Å²) in [6, 6.07) is 13.0. The van der Waals surface area contributed by atoms with Crippen molar-refractivity contribution >= 4 is 78.2 Å². The number of sulfonamides is 1. The number of carbonyl (C=O) groups is 7. The molecule has 36 nitrogen and oxygen atoms in total. The third-order valence-corrected chi connectivity index (χ3v) is 22.1. The van der Waals surface area contributed by atoms with E-state index in [2.05, 4.69) is 55.4 Å². The summed E-state index contributed by atoms with van der Waals surface area (Å²) >= 11 is 0. The van der Waals surface area contributed by atoms with E-state index >= 15 is 0 Å². The van der Waals surface area contributed by atoms with Gasteiger partial charge in [-0.25, -0.2) is 46.2 Å². The topological polar surface area (TPSA) is 449 Å². The number of carbonyl (C=O) groups excluding carboxylic acids is 7. The lowest BCUT2D eigenvalue weighted by molar-refractivity contribution is -0.915. The van der Waals surface area contributed by atoms with Gasteiger partial charge in [-0.3, -0.25) is 24.0 Å². The van der Waals surface area contributed by atoms with Crippen LogP contribution in [-0.2, 0) is 132 Å². The average molecular weight is 1690 g/mol. The first kappa shape index (κ1) is 94.3. The molecule has 2 aromatic carbocycles. The van der Waals surface area contributed by atoms with Gasteiger partial charge in [0.1, 0.15) is 39.0 Å². The van der Waals surface area contributed by atoms with E-state index in [0.29, 0.717) is 164 Å². The maximum absolute atomic E-state index is 14.4. The minimum atomic E-state index is -3.55. The summed E-state index contributed by atoms with van der Waals surface area (Å²) in [5.41, 5.74) is 7.16. The van der Waals surface area contributed by atoms with E-state index in [4.69, 9.17) is 67.6 Å². The highest BCUT2D eigenvalue weighted by atomic mass is 32.2. The molecule has 3 aliphatic rings. The van der Waals surface area contributed by atoms with Crippen LogP contribution in [0.5, 0.6) is 0 Å². The molecule has 648 valence electrons. The number of ether oxygens (including phenoxy) is 12. The van der Waals surface area contributed by atoms with Gasteiger partial charge in [-0.2, -0.15) is 4.31 Å². The lowest BCUT2D eigenvalue weighted by atomic mass is 9.85. The smallest absolute Gasteiger partial charge is 0.457 e. The second-order valence-electron chi connectivity index (χ2n) is 29.1. The van der Waals surface area contributed by atoms with Crippen LogP contribution in [0.4, 0.5) is 15.3 Å². The summed E-state index contributed by atoms with van der Waals surface area (Å²) < 4.78 is 120. The standard InChI is InChI=1S/C80H112N12O24S2/c1-7-80(66-48-69-73-64(52-90(69)75(97)65(66)54-114-76(80)98)62(63-15-11-12-16-67(63)89-73)23-28-91(57(2)3)118(6,103)104)116-79(100)115-53-59-19-21-61(22-20-59)87-74(96)68(17-13-26-83-77(81)99)88-72(95)56-113-55-71(94)82-27-32-105-34-36-107-38-40-109-42-44-111-46-47-112-45-43-110-41-39-108-37-35-106-33-31-92(4)29-24-58(25-30-92)49-84-70(93)18-10-8-9-14-60-50-85-78(86-51-60)117(5,101)102/h11-12,15-16,19-22,48,50-51,57-58,68H,7-8,10,13,17-18,23-47,49,52-56H2,1-6H3,(H6-,81,82,83,84,87,88,93,94,95,96,99)/p+1/t58?,68-,80-,92?/m0/s1. The number of piperidine rings is 1. The number of urea groups is 1. The number of likely N-dealkylation sites (N-methyl/N-ethyl adjacent to an activating group) is 1. The molecule has 0 spiro atoms. The maximum Gasteiger partial charge on any atom is 0.510 e. The van der Waals surface area contributed by atoms with E-state index in [1.807, 2.05) is 24.3 Å². The Morgan fingerprint density at radius 2 is 1.33 bits per heavy atom. The number of likely N-dealkylation sites (tertiary alicyclic amines) is 1.